The molecule has 3 nitrogen and oxygen atoms in total. The Morgan fingerprint density at radius 2 is 2.31 bits per heavy atom. The summed E-state index contributed by atoms with van der Waals surface area (Å²) in [5.74, 6) is 1.26. The van der Waals surface area contributed by atoms with Crippen LogP contribution in [0.25, 0.3) is 0 Å². The van der Waals surface area contributed by atoms with Crippen LogP contribution in [0.15, 0.2) is 18.3 Å². The van der Waals surface area contributed by atoms with Crippen molar-refractivity contribution in [2.45, 2.75) is 38.6 Å². The maximum Gasteiger partial charge on any atom is 0.123 e. The second-order valence-corrected chi connectivity index (χ2v) is 4.94. The minimum atomic E-state index is 0.626. The van der Waals surface area contributed by atoms with Crippen molar-refractivity contribution in [3.8, 4) is 0 Å². The summed E-state index contributed by atoms with van der Waals surface area (Å²) in [6, 6.07) is 4.77. The lowest BCUT2D eigenvalue weighted by Gasteiger charge is -2.35. The molecule has 3 heteroatoms. The highest BCUT2D eigenvalue weighted by Crippen LogP contribution is 2.28. The number of nitrogens with zero attached hydrogens (tertiary/aromatic N) is 2. The second kappa shape index (κ2) is 4.83. The first kappa shape index (κ1) is 11.4. The van der Waals surface area contributed by atoms with Crippen molar-refractivity contribution in [1.82, 2.24) is 9.88 Å². The molecule has 2 N–H and O–H groups in total. The summed E-state index contributed by atoms with van der Waals surface area (Å²) >= 11 is 0. The molecule has 0 bridgehead atoms. The van der Waals surface area contributed by atoms with Crippen molar-refractivity contribution < 1.29 is 0 Å². The van der Waals surface area contributed by atoms with Crippen molar-refractivity contribution in [2.24, 2.45) is 0 Å². The van der Waals surface area contributed by atoms with Crippen LogP contribution < -0.4 is 5.73 Å². The number of nitrogens with two attached hydrogens (primary N) is 1. The predicted molar refractivity (Wildman–Crippen MR) is 67.3 cm³/mol. The molecule has 0 spiro atoms. The second-order valence-electron chi connectivity index (χ2n) is 4.94. The molecular formula is C13H21N3. The van der Waals surface area contributed by atoms with E-state index in [-0.39, 0.29) is 0 Å². The van der Waals surface area contributed by atoms with Crippen LogP contribution in [-0.4, -0.2) is 29.0 Å². The third-order valence-corrected chi connectivity index (χ3v) is 3.46. The van der Waals surface area contributed by atoms with Crippen LogP contribution >= 0.6 is 0 Å². The zero-order chi connectivity index (χ0) is 11.5. The molecule has 1 saturated heterocycles. The van der Waals surface area contributed by atoms with Gasteiger partial charge in [0.15, 0.2) is 0 Å². The average molecular weight is 219 g/mol. The molecule has 16 heavy (non-hydrogen) atoms. The molecule has 0 saturated carbocycles. The molecule has 1 aromatic rings. The SMILES string of the molecule is CC(C)N1CCCC(c2ccnc(N)c2)C1. The summed E-state index contributed by atoms with van der Waals surface area (Å²) in [7, 11) is 0. The van der Waals surface area contributed by atoms with E-state index >= 15 is 0 Å². The standard InChI is InChI=1S/C13H21N3/c1-10(2)16-7-3-4-12(9-16)11-5-6-15-13(14)8-11/h5-6,8,10,12H,3-4,7,9H2,1-2H3,(H2,14,15). The molecule has 0 aromatic carbocycles. The van der Waals surface area contributed by atoms with E-state index in [1.807, 2.05) is 12.3 Å². The van der Waals surface area contributed by atoms with Gasteiger partial charge in [-0.15, -0.1) is 0 Å². The molecule has 0 amide bonds. The van der Waals surface area contributed by atoms with Gasteiger partial charge in [0.25, 0.3) is 0 Å². The third kappa shape index (κ3) is 2.53. The molecule has 1 aliphatic rings. The zero-order valence-corrected chi connectivity index (χ0v) is 10.2. The summed E-state index contributed by atoms with van der Waals surface area (Å²) in [5, 5.41) is 0. The van der Waals surface area contributed by atoms with Crippen LogP contribution in [0.5, 0.6) is 0 Å². The van der Waals surface area contributed by atoms with Gasteiger partial charge in [0, 0.05) is 18.8 Å². The van der Waals surface area contributed by atoms with Crippen molar-refractivity contribution >= 4 is 5.82 Å². The fourth-order valence-electron chi connectivity index (χ4n) is 2.47. The number of nitrogen functional groups attached to an aromatic ring is 1. The van der Waals surface area contributed by atoms with E-state index < -0.39 is 0 Å². The number of anilines is 1. The van der Waals surface area contributed by atoms with Crippen molar-refractivity contribution in [1.29, 1.82) is 0 Å². The van der Waals surface area contributed by atoms with Crippen molar-refractivity contribution in [2.75, 3.05) is 18.8 Å². The number of piperidine rings is 1. The fraction of sp³-hybridized carbons (Fsp3) is 0.615. The minimum Gasteiger partial charge on any atom is -0.384 e. The Labute approximate surface area is 97.7 Å². The van der Waals surface area contributed by atoms with E-state index in [9.17, 15) is 0 Å². The highest BCUT2D eigenvalue weighted by Gasteiger charge is 2.22. The van der Waals surface area contributed by atoms with Gasteiger partial charge in [-0.2, -0.15) is 0 Å². The Morgan fingerprint density at radius 1 is 1.50 bits per heavy atom. The van der Waals surface area contributed by atoms with Crippen LogP contribution in [0.2, 0.25) is 0 Å². The van der Waals surface area contributed by atoms with Crippen LogP contribution in [0.3, 0.4) is 0 Å². The molecule has 0 radical (unpaired) electrons. The molecule has 1 unspecified atom stereocenters. The quantitative estimate of drug-likeness (QED) is 0.829. The van der Waals surface area contributed by atoms with E-state index in [1.54, 1.807) is 0 Å². The van der Waals surface area contributed by atoms with E-state index in [2.05, 4.69) is 29.8 Å². The lowest BCUT2D eigenvalue weighted by atomic mass is 9.90. The highest BCUT2D eigenvalue weighted by molar-refractivity contribution is 5.34. The summed E-state index contributed by atoms with van der Waals surface area (Å²) < 4.78 is 0. The molecule has 1 atom stereocenters. The molecular weight excluding hydrogens is 198 g/mol. The number of aromatic nitrogens is 1. The van der Waals surface area contributed by atoms with Crippen LogP contribution in [-0.2, 0) is 0 Å². The normalized spacial score (nSPS) is 22.6. The van der Waals surface area contributed by atoms with Crippen LogP contribution in [0.1, 0.15) is 38.2 Å². The van der Waals surface area contributed by atoms with Crippen molar-refractivity contribution in [3.05, 3.63) is 23.9 Å². The fourth-order valence-corrected chi connectivity index (χ4v) is 2.47. The molecule has 2 rings (SSSR count). The summed E-state index contributed by atoms with van der Waals surface area (Å²) in [5.41, 5.74) is 7.08. The highest BCUT2D eigenvalue weighted by atomic mass is 15.2. The van der Waals surface area contributed by atoms with Crippen molar-refractivity contribution in [3.63, 3.8) is 0 Å². The largest absolute Gasteiger partial charge is 0.384 e. The van der Waals surface area contributed by atoms with Gasteiger partial charge in [-0.25, -0.2) is 4.98 Å². The number of pyridine rings is 1. The lowest BCUT2D eigenvalue weighted by Crippen LogP contribution is -2.39. The summed E-state index contributed by atoms with van der Waals surface area (Å²) in [6.45, 7) is 6.92. The zero-order valence-electron chi connectivity index (χ0n) is 10.2. The van der Waals surface area contributed by atoms with Gasteiger partial charge in [-0.1, -0.05) is 0 Å². The molecule has 1 aromatic heterocycles. The maximum absolute atomic E-state index is 5.74. The number of likely N-dealkylation sites (tertiary alicyclic amines) is 1. The first-order chi connectivity index (χ1) is 7.66. The van der Waals surface area contributed by atoms with Gasteiger partial charge in [-0.05, 0) is 56.8 Å². The molecule has 1 fully saturated rings. The number of hydrogen-bond acceptors (Lipinski definition) is 3. The lowest BCUT2D eigenvalue weighted by molar-refractivity contribution is 0.167. The van der Waals surface area contributed by atoms with Gasteiger partial charge in [0.2, 0.25) is 0 Å². The summed E-state index contributed by atoms with van der Waals surface area (Å²) in [6.07, 6.45) is 4.37. The van der Waals surface area contributed by atoms with E-state index in [1.165, 1.54) is 24.9 Å². The van der Waals surface area contributed by atoms with E-state index in [0.717, 1.165) is 6.54 Å². The summed E-state index contributed by atoms with van der Waals surface area (Å²) in [4.78, 5) is 6.60. The smallest absolute Gasteiger partial charge is 0.123 e. The van der Waals surface area contributed by atoms with Gasteiger partial charge < -0.3 is 10.6 Å². The minimum absolute atomic E-state index is 0.626. The Morgan fingerprint density at radius 3 is 3.00 bits per heavy atom. The van der Waals surface area contributed by atoms with Gasteiger partial charge in [0.05, 0.1) is 0 Å². The van der Waals surface area contributed by atoms with E-state index in [4.69, 9.17) is 5.73 Å². The molecule has 1 aliphatic heterocycles. The predicted octanol–water partition coefficient (Wildman–Crippen LogP) is 2.25. The Bertz CT molecular complexity index is 349. The van der Waals surface area contributed by atoms with Crippen LogP contribution in [0.4, 0.5) is 5.82 Å². The average Bonchev–Trinajstić information content (AvgIpc) is 2.29. The first-order valence-electron chi connectivity index (χ1n) is 6.12. The van der Waals surface area contributed by atoms with E-state index in [0.29, 0.717) is 17.8 Å². The van der Waals surface area contributed by atoms with Gasteiger partial charge in [0.1, 0.15) is 5.82 Å². The Hall–Kier alpha value is -1.09. The number of hydrogen-bond donors (Lipinski definition) is 1. The van der Waals surface area contributed by atoms with Gasteiger partial charge in [-0.3, -0.25) is 0 Å². The molecule has 2 heterocycles. The molecule has 88 valence electrons. The van der Waals surface area contributed by atoms with Gasteiger partial charge >= 0.3 is 0 Å². The van der Waals surface area contributed by atoms with Crippen LogP contribution in [0, 0.1) is 0 Å². The first-order valence-corrected chi connectivity index (χ1v) is 6.12. The Balaban J connectivity index is 2.09. The monoisotopic (exact) mass is 219 g/mol. The topological polar surface area (TPSA) is 42.2 Å². The maximum atomic E-state index is 5.74. The number of rotatable bonds is 2. The third-order valence-electron chi connectivity index (χ3n) is 3.46. The Kier molecular flexibility index (Phi) is 3.44. The molecule has 0 aliphatic carbocycles.